The van der Waals surface area contributed by atoms with Gasteiger partial charge in [-0.2, -0.15) is 0 Å². The van der Waals surface area contributed by atoms with E-state index in [1.54, 1.807) is 31.6 Å². The van der Waals surface area contributed by atoms with Crippen LogP contribution in [0.15, 0.2) is 83.5 Å². The highest BCUT2D eigenvalue weighted by molar-refractivity contribution is 6.30. The minimum atomic E-state index is 0.494. The Morgan fingerprint density at radius 3 is 2.44 bits per heavy atom. The largest absolute Gasteiger partial charge is 0.493 e. The molecule has 0 amide bonds. The molecular weight excluding hydrogens is 542 g/mol. The number of ether oxygens (including phenoxy) is 3. The fraction of sp³-hybridized carbons (Fsp3) is 0.258. The highest BCUT2D eigenvalue weighted by atomic mass is 35.5. The van der Waals surface area contributed by atoms with Gasteiger partial charge in [-0.15, -0.1) is 0 Å². The molecule has 0 bridgehead atoms. The first-order chi connectivity index (χ1) is 20.1. The van der Waals surface area contributed by atoms with Crippen LogP contribution in [0.5, 0.6) is 23.0 Å². The first-order valence-electron chi connectivity index (χ1n) is 13.5. The maximum absolute atomic E-state index is 6.08. The molecule has 0 unspecified atom stereocenters. The standard InChI is InChI=1S/C31H30ClN5O4/c1-38-29-20-22(30-35-26-10-9-25(21-28(26)41-30)40-24-7-5-23(32)6-8-24)4-11-27(29)39-19-3-14-36-15-17-37(18-16-36)31-33-12-2-13-34-31/h2,4-13,20-21H,3,14-19H2,1H3. The van der Waals surface area contributed by atoms with Gasteiger partial charge >= 0.3 is 0 Å². The minimum Gasteiger partial charge on any atom is -0.493 e. The van der Waals surface area contributed by atoms with Crippen molar-refractivity contribution < 1.29 is 18.6 Å². The zero-order chi connectivity index (χ0) is 28.0. The number of methoxy groups -OCH3 is 1. The number of piperazine rings is 1. The van der Waals surface area contributed by atoms with E-state index in [-0.39, 0.29) is 0 Å². The van der Waals surface area contributed by atoms with Gasteiger partial charge in [-0.05, 0) is 67.1 Å². The Hall–Kier alpha value is -4.34. The summed E-state index contributed by atoms with van der Waals surface area (Å²) in [6.45, 7) is 5.37. The van der Waals surface area contributed by atoms with Crippen molar-refractivity contribution in [1.29, 1.82) is 0 Å². The fourth-order valence-electron chi connectivity index (χ4n) is 4.75. The molecule has 1 fully saturated rings. The summed E-state index contributed by atoms with van der Waals surface area (Å²) in [5, 5.41) is 0.657. The van der Waals surface area contributed by atoms with Gasteiger partial charge in [-0.25, -0.2) is 15.0 Å². The molecule has 5 aromatic rings. The van der Waals surface area contributed by atoms with Gasteiger partial charge in [0.15, 0.2) is 17.1 Å². The van der Waals surface area contributed by atoms with Crippen LogP contribution in [0, 0.1) is 0 Å². The lowest BCUT2D eigenvalue weighted by molar-refractivity contribution is 0.220. The van der Waals surface area contributed by atoms with E-state index in [9.17, 15) is 0 Å². The van der Waals surface area contributed by atoms with Crippen molar-refractivity contribution in [1.82, 2.24) is 19.9 Å². The zero-order valence-electron chi connectivity index (χ0n) is 22.7. The second-order valence-electron chi connectivity index (χ2n) is 9.65. The Balaban J connectivity index is 1.03. The average Bonchev–Trinajstić information content (AvgIpc) is 3.45. The molecule has 3 aromatic carbocycles. The molecule has 0 atom stereocenters. The van der Waals surface area contributed by atoms with Gasteiger partial charge < -0.3 is 23.5 Å². The van der Waals surface area contributed by atoms with E-state index in [4.69, 9.17) is 30.2 Å². The molecule has 0 radical (unpaired) electrons. The minimum absolute atomic E-state index is 0.494. The molecular formula is C31H30ClN5O4. The Morgan fingerprint density at radius 2 is 1.66 bits per heavy atom. The van der Waals surface area contributed by atoms with Gasteiger partial charge in [0, 0.05) is 61.8 Å². The smallest absolute Gasteiger partial charge is 0.227 e. The maximum atomic E-state index is 6.08. The molecule has 1 aliphatic heterocycles. The summed E-state index contributed by atoms with van der Waals surface area (Å²) in [6, 6.07) is 20.3. The van der Waals surface area contributed by atoms with Crippen molar-refractivity contribution in [3.8, 4) is 34.5 Å². The number of rotatable bonds is 10. The quantitative estimate of drug-likeness (QED) is 0.178. The number of aromatic nitrogens is 3. The second kappa shape index (κ2) is 12.4. The molecule has 1 aliphatic rings. The van der Waals surface area contributed by atoms with E-state index in [1.807, 2.05) is 54.6 Å². The lowest BCUT2D eigenvalue weighted by Gasteiger charge is -2.34. The van der Waals surface area contributed by atoms with Gasteiger partial charge in [0.2, 0.25) is 11.8 Å². The number of hydrogen-bond donors (Lipinski definition) is 0. The number of nitrogens with zero attached hydrogens (tertiary/aromatic N) is 5. The van der Waals surface area contributed by atoms with Crippen molar-refractivity contribution in [2.75, 3.05) is 51.3 Å². The van der Waals surface area contributed by atoms with Crippen LogP contribution in [0.25, 0.3) is 22.6 Å². The zero-order valence-corrected chi connectivity index (χ0v) is 23.5. The highest BCUT2D eigenvalue weighted by Crippen LogP contribution is 2.35. The normalized spacial score (nSPS) is 13.9. The third-order valence-electron chi connectivity index (χ3n) is 6.90. The molecule has 41 heavy (non-hydrogen) atoms. The molecule has 10 heteroatoms. The van der Waals surface area contributed by atoms with Crippen LogP contribution in [0.2, 0.25) is 5.02 Å². The van der Waals surface area contributed by atoms with Crippen molar-refractivity contribution in [3.63, 3.8) is 0 Å². The number of anilines is 1. The monoisotopic (exact) mass is 571 g/mol. The van der Waals surface area contributed by atoms with Gasteiger partial charge in [-0.3, -0.25) is 4.90 Å². The Bertz CT molecular complexity index is 1590. The van der Waals surface area contributed by atoms with Gasteiger partial charge in [0.05, 0.1) is 13.7 Å². The Morgan fingerprint density at radius 1 is 0.878 bits per heavy atom. The van der Waals surface area contributed by atoms with Crippen molar-refractivity contribution in [2.45, 2.75) is 6.42 Å². The summed E-state index contributed by atoms with van der Waals surface area (Å²) in [6.07, 6.45) is 4.49. The Labute approximate surface area is 243 Å². The molecule has 0 aliphatic carbocycles. The summed E-state index contributed by atoms with van der Waals surface area (Å²) >= 11 is 5.96. The molecule has 0 saturated carbocycles. The third kappa shape index (κ3) is 6.53. The van der Waals surface area contributed by atoms with E-state index in [0.717, 1.165) is 56.2 Å². The van der Waals surface area contributed by atoms with Crippen molar-refractivity contribution in [2.24, 2.45) is 0 Å². The summed E-state index contributed by atoms with van der Waals surface area (Å²) in [5.74, 6) is 3.96. The van der Waals surface area contributed by atoms with Gasteiger partial charge in [0.25, 0.3) is 0 Å². The van der Waals surface area contributed by atoms with E-state index in [0.29, 0.717) is 46.1 Å². The first kappa shape index (κ1) is 26.9. The van der Waals surface area contributed by atoms with Crippen molar-refractivity contribution >= 4 is 28.6 Å². The molecule has 1 saturated heterocycles. The van der Waals surface area contributed by atoms with Crippen LogP contribution in [-0.2, 0) is 0 Å². The van der Waals surface area contributed by atoms with Gasteiger partial charge in [0.1, 0.15) is 17.0 Å². The topological polar surface area (TPSA) is 86.0 Å². The maximum Gasteiger partial charge on any atom is 0.227 e. The number of hydrogen-bond acceptors (Lipinski definition) is 9. The molecule has 6 rings (SSSR count). The van der Waals surface area contributed by atoms with Crippen LogP contribution in [0.4, 0.5) is 5.95 Å². The predicted molar refractivity (Wildman–Crippen MR) is 158 cm³/mol. The fourth-order valence-corrected chi connectivity index (χ4v) is 4.87. The van der Waals surface area contributed by atoms with Crippen LogP contribution in [-0.4, -0.2) is 66.3 Å². The van der Waals surface area contributed by atoms with E-state index in [1.165, 1.54) is 0 Å². The third-order valence-corrected chi connectivity index (χ3v) is 7.16. The molecule has 210 valence electrons. The second-order valence-corrected chi connectivity index (χ2v) is 10.1. The Kier molecular flexibility index (Phi) is 8.16. The summed E-state index contributed by atoms with van der Waals surface area (Å²) in [7, 11) is 1.63. The first-order valence-corrected chi connectivity index (χ1v) is 13.9. The SMILES string of the molecule is COc1cc(-c2nc3ccc(Oc4ccc(Cl)cc4)cc3o2)ccc1OCCCN1CCN(c2ncccn2)CC1. The number of fused-ring (bicyclic) bond motifs is 1. The molecule has 0 spiro atoms. The van der Waals surface area contributed by atoms with Crippen LogP contribution in [0.3, 0.4) is 0 Å². The predicted octanol–water partition coefficient (Wildman–Crippen LogP) is 6.33. The highest BCUT2D eigenvalue weighted by Gasteiger charge is 2.18. The number of halogens is 1. The molecule has 9 nitrogen and oxygen atoms in total. The molecule has 2 aromatic heterocycles. The van der Waals surface area contributed by atoms with E-state index >= 15 is 0 Å². The van der Waals surface area contributed by atoms with E-state index < -0.39 is 0 Å². The van der Waals surface area contributed by atoms with E-state index in [2.05, 4.69) is 24.8 Å². The van der Waals surface area contributed by atoms with Gasteiger partial charge in [-0.1, -0.05) is 11.6 Å². The lowest BCUT2D eigenvalue weighted by atomic mass is 10.2. The van der Waals surface area contributed by atoms with Crippen LogP contribution in [0.1, 0.15) is 6.42 Å². The lowest BCUT2D eigenvalue weighted by Crippen LogP contribution is -2.47. The van der Waals surface area contributed by atoms with Crippen LogP contribution < -0.4 is 19.1 Å². The average molecular weight is 572 g/mol. The molecule has 3 heterocycles. The summed E-state index contributed by atoms with van der Waals surface area (Å²) in [5.41, 5.74) is 2.16. The summed E-state index contributed by atoms with van der Waals surface area (Å²) in [4.78, 5) is 18.0. The van der Waals surface area contributed by atoms with Crippen molar-refractivity contribution in [3.05, 3.63) is 84.1 Å². The number of benzene rings is 3. The summed E-state index contributed by atoms with van der Waals surface area (Å²) < 4.78 is 23.7. The van der Waals surface area contributed by atoms with Crippen LogP contribution >= 0.6 is 11.6 Å². The number of oxazole rings is 1. The molecule has 0 N–H and O–H groups in total.